The molecule has 0 aromatic carbocycles. The van der Waals surface area contributed by atoms with Crippen molar-refractivity contribution in [3.8, 4) is 0 Å². The van der Waals surface area contributed by atoms with E-state index in [1.54, 1.807) is 40.7 Å². The zero-order valence-electron chi connectivity index (χ0n) is 21.3. The molecule has 2 rings (SSSR count). The van der Waals surface area contributed by atoms with E-state index in [0.29, 0.717) is 12.2 Å². The number of fused-ring (bicyclic) bond motifs is 7. The fourth-order valence-electron chi connectivity index (χ4n) is 3.50. The number of amides is 4. The second kappa shape index (κ2) is 14.3. The molecular formula is C24H36N4O6S2. The third-order valence-corrected chi connectivity index (χ3v) is 8.03. The summed E-state index contributed by atoms with van der Waals surface area (Å²) in [6.07, 6.45) is 4.51. The van der Waals surface area contributed by atoms with Crippen LogP contribution in [0.4, 0.5) is 0 Å². The fourth-order valence-corrected chi connectivity index (χ4v) is 5.66. The first-order valence-corrected chi connectivity index (χ1v) is 14.5. The number of allylic oxidation sites excluding steroid dienone is 2. The first-order chi connectivity index (χ1) is 17.0. The lowest BCUT2D eigenvalue weighted by atomic mass is 10.0. The minimum atomic E-state index is -1.00. The lowest BCUT2D eigenvalue weighted by Crippen LogP contribution is -2.57. The number of rotatable bonds is 2. The number of hydrogen-bond acceptors (Lipinski definition) is 8. The largest absolute Gasteiger partial charge is 0.456 e. The van der Waals surface area contributed by atoms with Crippen LogP contribution in [0.5, 0.6) is 0 Å². The van der Waals surface area contributed by atoms with Crippen LogP contribution in [-0.2, 0) is 28.7 Å². The molecule has 1 saturated heterocycles. The minimum absolute atomic E-state index is 0.0445. The first kappa shape index (κ1) is 29.8. The van der Waals surface area contributed by atoms with Gasteiger partial charge in [0.25, 0.3) is 5.91 Å². The van der Waals surface area contributed by atoms with Gasteiger partial charge in [0, 0.05) is 11.5 Å². The molecule has 4 atom stereocenters. The summed E-state index contributed by atoms with van der Waals surface area (Å²) in [6.45, 7) is 8.66. The molecule has 1 fully saturated rings. The normalized spacial score (nSPS) is 28.8. The molecule has 0 spiro atoms. The minimum Gasteiger partial charge on any atom is -0.456 e. The maximum Gasteiger partial charge on any atom is 0.329 e. The Morgan fingerprint density at radius 3 is 2.28 bits per heavy atom. The molecule has 0 saturated carbocycles. The van der Waals surface area contributed by atoms with E-state index in [9.17, 15) is 24.0 Å². The lowest BCUT2D eigenvalue weighted by molar-refractivity contribution is -0.153. The highest BCUT2D eigenvalue weighted by molar-refractivity contribution is 8.76. The van der Waals surface area contributed by atoms with Gasteiger partial charge in [-0.25, -0.2) is 4.79 Å². The van der Waals surface area contributed by atoms with Gasteiger partial charge < -0.3 is 26.0 Å². The van der Waals surface area contributed by atoms with E-state index in [0.717, 1.165) is 0 Å². The van der Waals surface area contributed by atoms with Gasteiger partial charge in [-0.1, -0.05) is 61.4 Å². The van der Waals surface area contributed by atoms with Crippen molar-refractivity contribution in [3.63, 3.8) is 0 Å². The summed E-state index contributed by atoms with van der Waals surface area (Å²) >= 11 is 0. The van der Waals surface area contributed by atoms with Crippen LogP contribution in [-0.4, -0.2) is 65.3 Å². The van der Waals surface area contributed by atoms with E-state index in [-0.39, 0.29) is 29.7 Å². The molecule has 2 aliphatic rings. The van der Waals surface area contributed by atoms with Crippen LogP contribution < -0.4 is 21.3 Å². The molecule has 2 bridgehead atoms. The average molecular weight is 541 g/mol. The highest BCUT2D eigenvalue weighted by atomic mass is 33.1. The molecule has 4 amide bonds. The smallest absolute Gasteiger partial charge is 0.329 e. The quantitative estimate of drug-likeness (QED) is 0.178. The van der Waals surface area contributed by atoms with Crippen molar-refractivity contribution >= 4 is 51.2 Å². The third-order valence-electron chi connectivity index (χ3n) is 5.59. The molecule has 200 valence electrons. The number of ether oxygens (including phenoxy) is 1. The van der Waals surface area contributed by atoms with Crippen molar-refractivity contribution in [2.24, 2.45) is 11.8 Å². The SMILES string of the molecule is CC=C1NC(=O)[C@H]2CSSCCC=C[C@H](CC(=O)N[C@H](C(C)C)C(=O)N2)OC(=O)[C@@H](C(C)C)NC1=O. The summed E-state index contributed by atoms with van der Waals surface area (Å²) in [4.78, 5) is 65.2. The van der Waals surface area contributed by atoms with Crippen LogP contribution in [0.1, 0.15) is 47.5 Å². The van der Waals surface area contributed by atoms with Crippen LogP contribution >= 0.6 is 21.6 Å². The molecule has 12 heteroatoms. The van der Waals surface area contributed by atoms with E-state index >= 15 is 0 Å². The number of carbonyl (C=O) groups excluding carboxylic acids is 5. The molecule has 2 heterocycles. The summed E-state index contributed by atoms with van der Waals surface area (Å²) < 4.78 is 5.65. The molecule has 4 N–H and O–H groups in total. The summed E-state index contributed by atoms with van der Waals surface area (Å²) in [5, 5.41) is 10.7. The Morgan fingerprint density at radius 1 is 0.944 bits per heavy atom. The van der Waals surface area contributed by atoms with Crippen molar-refractivity contribution in [1.29, 1.82) is 0 Å². The monoisotopic (exact) mass is 540 g/mol. The Morgan fingerprint density at radius 2 is 1.64 bits per heavy atom. The second-order valence-corrected chi connectivity index (χ2v) is 11.9. The molecule has 36 heavy (non-hydrogen) atoms. The van der Waals surface area contributed by atoms with Gasteiger partial charge in [0.2, 0.25) is 17.7 Å². The third kappa shape index (κ3) is 8.88. The van der Waals surface area contributed by atoms with Gasteiger partial charge in [0.15, 0.2) is 0 Å². The Balaban J connectivity index is 2.55. The van der Waals surface area contributed by atoms with E-state index < -0.39 is 53.8 Å². The van der Waals surface area contributed by atoms with Crippen LogP contribution in [0.3, 0.4) is 0 Å². The molecule has 0 unspecified atom stereocenters. The summed E-state index contributed by atoms with van der Waals surface area (Å²) in [7, 11) is 2.95. The Labute approximate surface area is 220 Å². The van der Waals surface area contributed by atoms with Crippen molar-refractivity contribution in [3.05, 3.63) is 23.9 Å². The van der Waals surface area contributed by atoms with Crippen LogP contribution in [0.2, 0.25) is 0 Å². The van der Waals surface area contributed by atoms with Crippen molar-refractivity contribution in [1.82, 2.24) is 21.3 Å². The number of nitrogens with one attached hydrogen (secondary N) is 4. The average Bonchev–Trinajstić information content (AvgIpc) is 2.81. The topological polar surface area (TPSA) is 143 Å². The number of esters is 1. The highest BCUT2D eigenvalue weighted by Gasteiger charge is 2.33. The lowest BCUT2D eigenvalue weighted by Gasteiger charge is -2.27. The fraction of sp³-hybridized carbons (Fsp3) is 0.625. The Hall–Kier alpha value is -2.47. The van der Waals surface area contributed by atoms with Gasteiger partial charge in [-0.05, 0) is 31.3 Å². The Bertz CT molecular complexity index is 905. The van der Waals surface area contributed by atoms with E-state index in [1.165, 1.54) is 27.7 Å². The Kier molecular flexibility index (Phi) is 11.8. The predicted molar refractivity (Wildman–Crippen MR) is 141 cm³/mol. The van der Waals surface area contributed by atoms with E-state index in [1.807, 2.05) is 6.08 Å². The van der Waals surface area contributed by atoms with Crippen molar-refractivity contribution < 1.29 is 28.7 Å². The number of hydrogen-bond donors (Lipinski definition) is 4. The van der Waals surface area contributed by atoms with Gasteiger partial charge in [0.05, 0.1) is 6.42 Å². The zero-order chi connectivity index (χ0) is 26.8. The van der Waals surface area contributed by atoms with Gasteiger partial charge in [0.1, 0.15) is 29.9 Å². The summed E-state index contributed by atoms with van der Waals surface area (Å²) in [5.74, 6) is -2.54. The number of carbonyl (C=O) groups is 5. The van der Waals surface area contributed by atoms with E-state index in [4.69, 9.17) is 4.74 Å². The first-order valence-electron chi connectivity index (χ1n) is 12.0. The molecule has 0 radical (unpaired) electrons. The summed E-state index contributed by atoms with van der Waals surface area (Å²) in [6, 6.07) is -2.86. The van der Waals surface area contributed by atoms with Gasteiger partial charge in [-0.3, -0.25) is 19.2 Å². The molecular weight excluding hydrogens is 504 g/mol. The van der Waals surface area contributed by atoms with Crippen LogP contribution in [0, 0.1) is 11.8 Å². The van der Waals surface area contributed by atoms with Crippen molar-refractivity contribution in [2.45, 2.75) is 71.7 Å². The molecule has 0 aliphatic carbocycles. The standard InChI is InChI=1S/C24H36N4O6S2/c1-6-16-21(30)28-20(14(4)5)24(33)34-15-9-7-8-10-35-36-12-17(22(31)25-16)26-23(32)19(13(2)3)27-18(29)11-15/h6-7,9,13-15,17,19-20H,8,10-12H2,1-5H3,(H,25,31)(H,26,32)(H,27,29)(H,28,30)/t15-,17-,19-,20-/m1/s1. The zero-order valence-corrected chi connectivity index (χ0v) is 22.9. The van der Waals surface area contributed by atoms with Gasteiger partial charge >= 0.3 is 5.97 Å². The van der Waals surface area contributed by atoms with Crippen molar-refractivity contribution in [2.75, 3.05) is 11.5 Å². The highest BCUT2D eigenvalue weighted by Crippen LogP contribution is 2.24. The second-order valence-electron chi connectivity index (χ2n) is 9.24. The molecule has 2 aliphatic heterocycles. The predicted octanol–water partition coefficient (Wildman–Crippen LogP) is 1.43. The van der Waals surface area contributed by atoms with Gasteiger partial charge in [-0.2, -0.15) is 0 Å². The maximum atomic E-state index is 13.2. The van der Waals surface area contributed by atoms with Gasteiger partial charge in [-0.15, -0.1) is 0 Å². The molecule has 0 aromatic rings. The van der Waals surface area contributed by atoms with Crippen LogP contribution in [0.15, 0.2) is 23.9 Å². The van der Waals surface area contributed by atoms with Crippen LogP contribution in [0.25, 0.3) is 0 Å². The molecule has 10 nitrogen and oxygen atoms in total. The van der Waals surface area contributed by atoms with E-state index in [2.05, 4.69) is 21.3 Å². The maximum absolute atomic E-state index is 13.2. The summed E-state index contributed by atoms with van der Waals surface area (Å²) in [5.41, 5.74) is -0.0445. The molecule has 0 aromatic heterocycles.